The largest absolute Gasteiger partial charge is 0.457 e. The van der Waals surface area contributed by atoms with E-state index in [1.807, 2.05) is 0 Å². The van der Waals surface area contributed by atoms with Gasteiger partial charge in [0.1, 0.15) is 22.9 Å². The summed E-state index contributed by atoms with van der Waals surface area (Å²) >= 11 is 0. The number of guanidine groups is 1. The molecule has 9 heteroatoms. The molecule has 1 saturated carbocycles. The SMILES string of the molecule is [C-]#[N+]c1cncc(Oc2ccc(F)c([C@]34CO[C@@H](C5CC5)C[C@H]3C(=O)N(C)C(N)=N4)c2)c1. The monoisotopic (exact) mass is 435 g/mol. The first-order valence-corrected chi connectivity index (χ1v) is 10.5. The van der Waals surface area contributed by atoms with Crippen molar-refractivity contribution in [2.75, 3.05) is 13.7 Å². The Labute approximate surface area is 184 Å². The fourth-order valence-electron chi connectivity index (χ4n) is 4.55. The second kappa shape index (κ2) is 7.57. The van der Waals surface area contributed by atoms with Gasteiger partial charge in [-0.1, -0.05) is 0 Å². The molecule has 0 bridgehead atoms. The quantitative estimate of drug-likeness (QED) is 0.744. The number of amides is 1. The normalized spacial score (nSPS) is 27.3. The summed E-state index contributed by atoms with van der Waals surface area (Å²) in [4.78, 5) is 26.5. The van der Waals surface area contributed by atoms with Crippen molar-refractivity contribution in [1.82, 2.24) is 9.88 Å². The molecule has 32 heavy (non-hydrogen) atoms. The van der Waals surface area contributed by atoms with Gasteiger partial charge in [0, 0.05) is 18.8 Å². The molecular weight excluding hydrogens is 413 g/mol. The molecule has 0 unspecified atom stereocenters. The maximum absolute atomic E-state index is 15.2. The number of aromatic nitrogens is 1. The van der Waals surface area contributed by atoms with Gasteiger partial charge in [0.05, 0.1) is 31.4 Å². The zero-order valence-electron chi connectivity index (χ0n) is 17.5. The van der Waals surface area contributed by atoms with E-state index < -0.39 is 17.3 Å². The van der Waals surface area contributed by atoms with E-state index in [0.29, 0.717) is 29.5 Å². The molecule has 0 radical (unpaired) electrons. The molecule has 2 N–H and O–H groups in total. The number of fused-ring (bicyclic) bond motifs is 1. The predicted octanol–water partition coefficient (Wildman–Crippen LogP) is 3.36. The van der Waals surface area contributed by atoms with E-state index in [1.165, 1.54) is 35.5 Å². The van der Waals surface area contributed by atoms with E-state index in [-0.39, 0.29) is 30.1 Å². The molecule has 2 fully saturated rings. The van der Waals surface area contributed by atoms with Crippen molar-refractivity contribution in [2.24, 2.45) is 22.6 Å². The maximum atomic E-state index is 15.2. The Morgan fingerprint density at radius 1 is 1.31 bits per heavy atom. The highest BCUT2D eigenvalue weighted by Gasteiger charge is 2.56. The number of pyridine rings is 1. The van der Waals surface area contributed by atoms with Gasteiger partial charge >= 0.3 is 0 Å². The molecular formula is C23H22FN5O3. The molecule has 3 aliphatic rings. The Bertz CT molecular complexity index is 1160. The molecule has 2 aromatic rings. The Balaban J connectivity index is 1.56. The third kappa shape index (κ3) is 3.37. The molecule has 5 rings (SSSR count). The lowest BCUT2D eigenvalue weighted by Gasteiger charge is -2.47. The van der Waals surface area contributed by atoms with E-state index in [9.17, 15) is 4.79 Å². The third-order valence-corrected chi connectivity index (χ3v) is 6.46. The Hall–Kier alpha value is -3.51. The van der Waals surface area contributed by atoms with E-state index >= 15 is 4.39 Å². The number of carbonyl (C=O) groups is 1. The predicted molar refractivity (Wildman–Crippen MR) is 114 cm³/mol. The van der Waals surface area contributed by atoms with E-state index in [4.69, 9.17) is 21.8 Å². The fourth-order valence-corrected chi connectivity index (χ4v) is 4.55. The third-order valence-electron chi connectivity index (χ3n) is 6.46. The summed E-state index contributed by atoms with van der Waals surface area (Å²) in [5.41, 5.74) is 5.32. The van der Waals surface area contributed by atoms with Crippen molar-refractivity contribution in [1.29, 1.82) is 0 Å². The summed E-state index contributed by atoms with van der Waals surface area (Å²) in [6.45, 7) is 7.19. The van der Waals surface area contributed by atoms with Crippen molar-refractivity contribution in [3.8, 4) is 11.5 Å². The van der Waals surface area contributed by atoms with Gasteiger partial charge in [0.2, 0.25) is 11.6 Å². The van der Waals surface area contributed by atoms with E-state index in [2.05, 4.69) is 14.8 Å². The number of aliphatic imine (C=N–C) groups is 1. The van der Waals surface area contributed by atoms with Crippen molar-refractivity contribution >= 4 is 17.6 Å². The number of hydrogen-bond acceptors (Lipinski definition) is 6. The number of halogens is 1. The summed E-state index contributed by atoms with van der Waals surface area (Å²) in [6, 6.07) is 5.84. The molecule has 1 saturated heterocycles. The van der Waals surface area contributed by atoms with Crippen LogP contribution in [0.15, 0.2) is 41.7 Å². The number of carbonyl (C=O) groups excluding carboxylic acids is 1. The number of hydrogen-bond donors (Lipinski definition) is 1. The van der Waals surface area contributed by atoms with Crippen LogP contribution >= 0.6 is 0 Å². The van der Waals surface area contributed by atoms with Crippen molar-refractivity contribution < 1.29 is 18.7 Å². The number of rotatable bonds is 4. The van der Waals surface area contributed by atoms with Crippen LogP contribution in [0.4, 0.5) is 10.1 Å². The van der Waals surface area contributed by atoms with Crippen LogP contribution in [0.1, 0.15) is 24.8 Å². The van der Waals surface area contributed by atoms with E-state index in [1.54, 1.807) is 13.1 Å². The van der Waals surface area contributed by atoms with Crippen LogP contribution in [-0.4, -0.2) is 41.5 Å². The highest BCUT2D eigenvalue weighted by Crippen LogP contribution is 2.50. The molecule has 164 valence electrons. The highest BCUT2D eigenvalue weighted by molar-refractivity contribution is 6.00. The molecule has 1 aromatic carbocycles. The van der Waals surface area contributed by atoms with E-state index in [0.717, 1.165) is 12.8 Å². The van der Waals surface area contributed by atoms with Gasteiger partial charge in [-0.05, 0) is 49.4 Å². The van der Waals surface area contributed by atoms with Gasteiger partial charge in [-0.3, -0.25) is 14.7 Å². The topological polar surface area (TPSA) is 94.4 Å². The highest BCUT2D eigenvalue weighted by atomic mass is 19.1. The van der Waals surface area contributed by atoms with Crippen LogP contribution in [0.5, 0.6) is 11.5 Å². The summed E-state index contributed by atoms with van der Waals surface area (Å²) in [6.07, 6.45) is 5.48. The summed E-state index contributed by atoms with van der Waals surface area (Å²) in [7, 11) is 1.58. The molecule has 1 amide bonds. The van der Waals surface area contributed by atoms with Crippen molar-refractivity contribution in [3.05, 3.63) is 59.5 Å². The first-order chi connectivity index (χ1) is 15.4. The van der Waals surface area contributed by atoms with Gasteiger partial charge < -0.3 is 15.2 Å². The Kier molecular flexibility index (Phi) is 4.82. The minimum absolute atomic E-state index is 0.0272. The number of nitrogens with zero attached hydrogens (tertiary/aromatic N) is 4. The molecule has 3 heterocycles. The molecule has 0 spiro atoms. The summed E-state index contributed by atoms with van der Waals surface area (Å²) < 4.78 is 27.2. The standard InChI is InChI=1S/C23H22FN5O3/c1-26-14-7-16(11-27-10-14)32-15-5-6-19(24)17(8-15)23-12-31-20(13-3-4-13)9-18(23)21(30)29(2)22(25)28-23/h5-8,10-11,13,18,20H,3-4,9,12H2,2H3,(H2,25,28)/t18-,20+,23+/m0/s1. The number of nitrogens with two attached hydrogens (primary N) is 1. The van der Waals surface area contributed by atoms with Gasteiger partial charge in [-0.2, -0.15) is 0 Å². The van der Waals surface area contributed by atoms with Crippen molar-refractivity contribution in [2.45, 2.75) is 30.9 Å². The zero-order valence-corrected chi connectivity index (χ0v) is 17.5. The second-order valence-electron chi connectivity index (χ2n) is 8.50. The number of benzene rings is 1. The molecule has 2 aliphatic heterocycles. The lowest BCUT2D eigenvalue weighted by Crippen LogP contribution is -2.60. The Morgan fingerprint density at radius 3 is 2.88 bits per heavy atom. The maximum Gasteiger partial charge on any atom is 0.235 e. The summed E-state index contributed by atoms with van der Waals surface area (Å²) in [5.74, 6) is -0.139. The molecule has 1 aromatic heterocycles. The average Bonchev–Trinajstić information content (AvgIpc) is 3.64. The summed E-state index contributed by atoms with van der Waals surface area (Å²) in [5, 5.41) is 0. The van der Waals surface area contributed by atoms with Gasteiger partial charge in [0.25, 0.3) is 0 Å². The van der Waals surface area contributed by atoms with Crippen LogP contribution in [0.25, 0.3) is 4.85 Å². The van der Waals surface area contributed by atoms with Crippen LogP contribution < -0.4 is 10.5 Å². The van der Waals surface area contributed by atoms with Crippen LogP contribution in [0.2, 0.25) is 0 Å². The van der Waals surface area contributed by atoms with Gasteiger partial charge in [-0.15, -0.1) is 0 Å². The Morgan fingerprint density at radius 2 is 2.12 bits per heavy atom. The van der Waals surface area contributed by atoms with Crippen LogP contribution in [-0.2, 0) is 15.1 Å². The minimum atomic E-state index is -1.26. The number of ether oxygens (including phenoxy) is 2. The lowest BCUT2D eigenvalue weighted by molar-refractivity contribution is -0.146. The zero-order chi connectivity index (χ0) is 22.5. The minimum Gasteiger partial charge on any atom is -0.457 e. The molecule has 8 nitrogen and oxygen atoms in total. The lowest BCUT2D eigenvalue weighted by atomic mass is 9.72. The van der Waals surface area contributed by atoms with Crippen LogP contribution in [0.3, 0.4) is 0 Å². The average molecular weight is 435 g/mol. The molecule has 1 aliphatic carbocycles. The smallest absolute Gasteiger partial charge is 0.235 e. The van der Waals surface area contributed by atoms with Gasteiger partial charge in [0.15, 0.2) is 5.96 Å². The fraction of sp³-hybridized carbons (Fsp3) is 0.391. The second-order valence-corrected chi connectivity index (χ2v) is 8.50. The first kappa shape index (κ1) is 20.4. The van der Waals surface area contributed by atoms with Crippen LogP contribution in [0, 0.1) is 24.2 Å². The van der Waals surface area contributed by atoms with Crippen molar-refractivity contribution in [3.63, 3.8) is 0 Å². The first-order valence-electron chi connectivity index (χ1n) is 10.5. The molecule has 3 atom stereocenters. The van der Waals surface area contributed by atoms with Gasteiger partial charge in [-0.25, -0.2) is 14.2 Å².